The first-order chi connectivity index (χ1) is 4.84. The standard InChI is InChI=1S/C7H6BrNO/c8-9(6-10)7-4-2-1-3-5-7/h1-6H. The van der Waals surface area contributed by atoms with Gasteiger partial charge in [0.15, 0.2) is 0 Å². The summed E-state index contributed by atoms with van der Waals surface area (Å²) in [6, 6.07) is 9.31. The average Bonchev–Trinajstić information content (AvgIpc) is 2.05. The molecule has 0 fully saturated rings. The van der Waals surface area contributed by atoms with E-state index in [4.69, 9.17) is 0 Å². The van der Waals surface area contributed by atoms with Crippen molar-refractivity contribution in [2.24, 2.45) is 0 Å². The number of anilines is 1. The van der Waals surface area contributed by atoms with E-state index >= 15 is 0 Å². The number of hydrogen-bond acceptors (Lipinski definition) is 1. The minimum Gasteiger partial charge on any atom is -0.277 e. The summed E-state index contributed by atoms with van der Waals surface area (Å²) in [4.78, 5) is 10.2. The van der Waals surface area contributed by atoms with Gasteiger partial charge in [0.05, 0.1) is 21.8 Å². The molecule has 0 aliphatic carbocycles. The Kier molecular flexibility index (Phi) is 2.45. The van der Waals surface area contributed by atoms with E-state index in [1.54, 1.807) is 0 Å². The predicted molar refractivity (Wildman–Crippen MR) is 43.9 cm³/mol. The van der Waals surface area contributed by atoms with Gasteiger partial charge < -0.3 is 0 Å². The minimum atomic E-state index is 0.704. The fourth-order valence-corrected chi connectivity index (χ4v) is 0.868. The molecule has 1 aromatic rings. The summed E-state index contributed by atoms with van der Waals surface area (Å²) in [5.74, 6) is 0. The molecule has 0 radical (unpaired) electrons. The molecule has 0 N–H and O–H groups in total. The van der Waals surface area contributed by atoms with Crippen LogP contribution in [-0.2, 0) is 4.79 Å². The molecule has 0 aliphatic rings. The van der Waals surface area contributed by atoms with E-state index in [9.17, 15) is 4.79 Å². The monoisotopic (exact) mass is 199 g/mol. The Labute approximate surface area is 67.8 Å². The van der Waals surface area contributed by atoms with Crippen LogP contribution in [0.2, 0.25) is 0 Å². The predicted octanol–water partition coefficient (Wildman–Crippen LogP) is 1.96. The molecule has 2 nitrogen and oxygen atoms in total. The van der Waals surface area contributed by atoms with E-state index in [1.165, 1.54) is 3.93 Å². The van der Waals surface area contributed by atoms with Crippen LogP contribution in [0.4, 0.5) is 5.69 Å². The number of carbonyl (C=O) groups excluding carboxylic acids is 1. The maximum atomic E-state index is 10.2. The van der Waals surface area contributed by atoms with Gasteiger partial charge in [0.1, 0.15) is 0 Å². The van der Waals surface area contributed by atoms with Crippen molar-refractivity contribution < 1.29 is 4.79 Å². The molecule has 1 rings (SSSR count). The Balaban J connectivity index is 2.84. The van der Waals surface area contributed by atoms with Crippen LogP contribution < -0.4 is 3.93 Å². The van der Waals surface area contributed by atoms with E-state index in [2.05, 4.69) is 16.1 Å². The third kappa shape index (κ3) is 1.57. The van der Waals surface area contributed by atoms with Crippen LogP contribution >= 0.6 is 16.1 Å². The van der Waals surface area contributed by atoms with E-state index in [0.717, 1.165) is 5.69 Å². The molecular weight excluding hydrogens is 194 g/mol. The quantitative estimate of drug-likeness (QED) is 0.527. The molecule has 1 aromatic carbocycles. The summed E-state index contributed by atoms with van der Waals surface area (Å²) >= 11 is 3.05. The smallest absolute Gasteiger partial charge is 0.224 e. The highest BCUT2D eigenvalue weighted by Gasteiger charge is 1.95. The van der Waals surface area contributed by atoms with Crippen molar-refractivity contribution >= 4 is 28.2 Å². The van der Waals surface area contributed by atoms with E-state index < -0.39 is 0 Å². The third-order valence-corrected chi connectivity index (χ3v) is 1.67. The number of nitrogens with zero attached hydrogens (tertiary/aromatic N) is 1. The maximum Gasteiger partial charge on any atom is 0.224 e. The summed E-state index contributed by atoms with van der Waals surface area (Å²) in [6.45, 7) is 0. The number of rotatable bonds is 2. The summed E-state index contributed by atoms with van der Waals surface area (Å²) in [6.07, 6.45) is 0.704. The van der Waals surface area contributed by atoms with E-state index in [-0.39, 0.29) is 0 Å². The van der Waals surface area contributed by atoms with Crippen molar-refractivity contribution in [2.45, 2.75) is 0 Å². The molecule has 10 heavy (non-hydrogen) atoms. The second-order valence-electron chi connectivity index (χ2n) is 1.75. The van der Waals surface area contributed by atoms with Gasteiger partial charge in [-0.25, -0.2) is 3.93 Å². The summed E-state index contributed by atoms with van der Waals surface area (Å²) in [7, 11) is 0. The fourth-order valence-electron chi connectivity index (χ4n) is 0.631. The van der Waals surface area contributed by atoms with Crippen molar-refractivity contribution in [3.8, 4) is 0 Å². The van der Waals surface area contributed by atoms with Gasteiger partial charge in [0.2, 0.25) is 6.41 Å². The molecule has 3 heteroatoms. The Hall–Kier alpha value is -0.830. The minimum absolute atomic E-state index is 0.704. The lowest BCUT2D eigenvalue weighted by Crippen LogP contribution is -2.03. The van der Waals surface area contributed by atoms with Crippen molar-refractivity contribution in [1.82, 2.24) is 0 Å². The highest BCUT2D eigenvalue weighted by atomic mass is 79.9. The van der Waals surface area contributed by atoms with Gasteiger partial charge in [-0.1, -0.05) is 18.2 Å². The molecule has 0 aromatic heterocycles. The van der Waals surface area contributed by atoms with Gasteiger partial charge in [-0.05, 0) is 12.1 Å². The number of benzene rings is 1. The Morgan fingerprint density at radius 1 is 1.30 bits per heavy atom. The number of halogens is 1. The second-order valence-corrected chi connectivity index (χ2v) is 2.52. The lowest BCUT2D eigenvalue weighted by Gasteiger charge is -2.05. The van der Waals surface area contributed by atoms with Crippen LogP contribution in [0.15, 0.2) is 30.3 Å². The van der Waals surface area contributed by atoms with E-state index in [1.807, 2.05) is 30.3 Å². The van der Waals surface area contributed by atoms with Gasteiger partial charge in [-0.3, -0.25) is 4.79 Å². The first-order valence-electron chi connectivity index (χ1n) is 2.80. The molecule has 0 saturated heterocycles. The Morgan fingerprint density at radius 3 is 2.40 bits per heavy atom. The number of amides is 1. The molecule has 52 valence electrons. The van der Waals surface area contributed by atoms with E-state index in [0.29, 0.717) is 6.41 Å². The molecule has 0 saturated carbocycles. The lowest BCUT2D eigenvalue weighted by atomic mass is 10.3. The normalized spacial score (nSPS) is 8.90. The molecule has 0 atom stereocenters. The molecule has 0 unspecified atom stereocenters. The average molecular weight is 200 g/mol. The molecule has 0 aliphatic heterocycles. The molecule has 0 heterocycles. The zero-order valence-corrected chi connectivity index (χ0v) is 6.78. The Bertz CT molecular complexity index is 212. The van der Waals surface area contributed by atoms with Crippen molar-refractivity contribution in [3.63, 3.8) is 0 Å². The van der Waals surface area contributed by atoms with Gasteiger partial charge in [-0.2, -0.15) is 0 Å². The SMILES string of the molecule is O=CN(Br)c1ccccc1. The van der Waals surface area contributed by atoms with Gasteiger partial charge in [0, 0.05) is 0 Å². The zero-order valence-electron chi connectivity index (χ0n) is 5.20. The fraction of sp³-hybridized carbons (Fsp3) is 0. The highest BCUT2D eigenvalue weighted by Crippen LogP contribution is 2.13. The van der Waals surface area contributed by atoms with Crippen LogP contribution in [-0.4, -0.2) is 6.41 Å². The second kappa shape index (κ2) is 3.37. The highest BCUT2D eigenvalue weighted by molar-refractivity contribution is 9.10. The maximum absolute atomic E-state index is 10.2. The summed E-state index contributed by atoms with van der Waals surface area (Å²) < 4.78 is 1.34. The molecular formula is C7H6BrNO. The zero-order chi connectivity index (χ0) is 7.40. The first-order valence-corrected chi connectivity index (χ1v) is 3.51. The van der Waals surface area contributed by atoms with Gasteiger partial charge >= 0.3 is 0 Å². The molecule has 0 spiro atoms. The van der Waals surface area contributed by atoms with Crippen molar-refractivity contribution in [1.29, 1.82) is 0 Å². The van der Waals surface area contributed by atoms with Crippen LogP contribution in [0, 0.1) is 0 Å². The van der Waals surface area contributed by atoms with Crippen LogP contribution in [0.1, 0.15) is 0 Å². The number of para-hydroxylation sites is 1. The first kappa shape index (κ1) is 7.28. The summed E-state index contributed by atoms with van der Waals surface area (Å²) in [5.41, 5.74) is 0.831. The Morgan fingerprint density at radius 2 is 1.90 bits per heavy atom. The number of carbonyl (C=O) groups is 1. The van der Waals surface area contributed by atoms with Crippen LogP contribution in [0.3, 0.4) is 0 Å². The van der Waals surface area contributed by atoms with Crippen LogP contribution in [0.5, 0.6) is 0 Å². The molecule has 0 bridgehead atoms. The van der Waals surface area contributed by atoms with Crippen molar-refractivity contribution in [3.05, 3.63) is 30.3 Å². The van der Waals surface area contributed by atoms with Crippen LogP contribution in [0.25, 0.3) is 0 Å². The van der Waals surface area contributed by atoms with Crippen molar-refractivity contribution in [2.75, 3.05) is 3.93 Å². The largest absolute Gasteiger partial charge is 0.277 e. The third-order valence-electron chi connectivity index (χ3n) is 1.10. The van der Waals surface area contributed by atoms with Gasteiger partial charge in [0.25, 0.3) is 0 Å². The molecule has 1 amide bonds. The van der Waals surface area contributed by atoms with Gasteiger partial charge in [-0.15, -0.1) is 0 Å². The number of hydrogen-bond donors (Lipinski definition) is 0. The lowest BCUT2D eigenvalue weighted by molar-refractivity contribution is -0.106. The topological polar surface area (TPSA) is 20.3 Å². The summed E-state index contributed by atoms with van der Waals surface area (Å²) in [5, 5.41) is 0.